The summed E-state index contributed by atoms with van der Waals surface area (Å²) in [5.41, 5.74) is 0.247. The third-order valence-electron chi connectivity index (χ3n) is 2.61. The van der Waals surface area contributed by atoms with Gasteiger partial charge in [-0.15, -0.1) is 0 Å². The van der Waals surface area contributed by atoms with Crippen LogP contribution in [0.25, 0.3) is 0 Å². The van der Waals surface area contributed by atoms with Crippen LogP contribution >= 0.6 is 11.6 Å². The maximum Gasteiger partial charge on any atom is 0.337 e. The van der Waals surface area contributed by atoms with Gasteiger partial charge in [0.15, 0.2) is 0 Å². The minimum Gasteiger partial charge on any atom is -0.478 e. The monoisotopic (exact) mass is 268 g/mol. The Morgan fingerprint density at radius 3 is 2.72 bits per heavy atom. The zero-order valence-electron chi connectivity index (χ0n) is 9.57. The summed E-state index contributed by atoms with van der Waals surface area (Å²) >= 11 is 5.78. The van der Waals surface area contributed by atoms with Gasteiger partial charge in [-0.1, -0.05) is 11.6 Å². The summed E-state index contributed by atoms with van der Waals surface area (Å²) in [6, 6.07) is 4.70. The van der Waals surface area contributed by atoms with Gasteiger partial charge >= 0.3 is 5.97 Å². The highest BCUT2D eigenvalue weighted by atomic mass is 35.5. The molecule has 1 aromatic carbocycles. The number of rotatable bonds is 5. The van der Waals surface area contributed by atoms with Crippen molar-refractivity contribution in [3.05, 3.63) is 28.8 Å². The van der Waals surface area contributed by atoms with Crippen LogP contribution in [0.5, 0.6) is 0 Å². The standard InChI is InChI=1S/C12H13ClN2O3/c13-7-1-4-9(12(17)18)10(5-7)15-11(16)6-14-8-2-3-8/h1,4-5,8,14H,2-3,6H2,(H,15,16)(H,17,18). The van der Waals surface area contributed by atoms with Crippen LogP contribution in [0.1, 0.15) is 23.2 Å². The molecule has 6 heteroatoms. The Labute approximate surface area is 109 Å². The van der Waals surface area contributed by atoms with Crippen molar-refractivity contribution in [1.82, 2.24) is 5.32 Å². The zero-order chi connectivity index (χ0) is 13.1. The normalized spacial score (nSPS) is 14.3. The van der Waals surface area contributed by atoms with Crippen LogP contribution in [0.3, 0.4) is 0 Å². The molecule has 0 radical (unpaired) electrons. The van der Waals surface area contributed by atoms with Gasteiger partial charge in [0.2, 0.25) is 5.91 Å². The Kier molecular flexibility index (Phi) is 3.84. The zero-order valence-corrected chi connectivity index (χ0v) is 10.3. The molecule has 1 aromatic rings. The molecule has 96 valence electrons. The maximum absolute atomic E-state index is 11.6. The van der Waals surface area contributed by atoms with E-state index in [0.717, 1.165) is 12.8 Å². The van der Waals surface area contributed by atoms with Crippen LogP contribution in [0.15, 0.2) is 18.2 Å². The summed E-state index contributed by atoms with van der Waals surface area (Å²) < 4.78 is 0. The highest BCUT2D eigenvalue weighted by Gasteiger charge is 2.21. The first-order valence-electron chi connectivity index (χ1n) is 5.62. The fraction of sp³-hybridized carbons (Fsp3) is 0.333. The minimum atomic E-state index is -1.10. The van der Waals surface area contributed by atoms with E-state index < -0.39 is 5.97 Å². The molecule has 0 bridgehead atoms. The van der Waals surface area contributed by atoms with Gasteiger partial charge in [-0.3, -0.25) is 4.79 Å². The first-order valence-corrected chi connectivity index (χ1v) is 6.00. The highest BCUT2D eigenvalue weighted by molar-refractivity contribution is 6.31. The van der Waals surface area contributed by atoms with Crippen LogP contribution in [0.2, 0.25) is 5.02 Å². The summed E-state index contributed by atoms with van der Waals surface area (Å²) in [6.07, 6.45) is 2.18. The number of nitrogens with one attached hydrogen (secondary N) is 2. The van der Waals surface area contributed by atoms with Gasteiger partial charge in [0.05, 0.1) is 17.8 Å². The van der Waals surface area contributed by atoms with Gasteiger partial charge in [0.25, 0.3) is 0 Å². The van der Waals surface area contributed by atoms with Gasteiger partial charge < -0.3 is 15.7 Å². The topological polar surface area (TPSA) is 78.4 Å². The Bertz CT molecular complexity index is 486. The van der Waals surface area contributed by atoms with Crippen molar-refractivity contribution >= 4 is 29.2 Å². The lowest BCUT2D eigenvalue weighted by Crippen LogP contribution is -2.29. The fourth-order valence-corrected chi connectivity index (χ4v) is 1.70. The van der Waals surface area contributed by atoms with Crippen molar-refractivity contribution in [2.24, 2.45) is 0 Å². The van der Waals surface area contributed by atoms with Gasteiger partial charge in [-0.05, 0) is 31.0 Å². The fourth-order valence-electron chi connectivity index (χ4n) is 1.53. The molecular weight excluding hydrogens is 256 g/mol. The Morgan fingerprint density at radius 1 is 1.39 bits per heavy atom. The summed E-state index contributed by atoms with van der Waals surface area (Å²) in [4.78, 5) is 22.6. The number of amides is 1. The number of hydrogen-bond donors (Lipinski definition) is 3. The molecule has 5 nitrogen and oxygen atoms in total. The third kappa shape index (κ3) is 3.45. The number of carboxylic acid groups (broad SMARTS) is 1. The quantitative estimate of drug-likeness (QED) is 0.760. The van der Waals surface area contributed by atoms with Gasteiger partial charge in [0, 0.05) is 11.1 Å². The molecule has 1 amide bonds. The van der Waals surface area contributed by atoms with Crippen molar-refractivity contribution in [1.29, 1.82) is 0 Å². The molecule has 18 heavy (non-hydrogen) atoms. The van der Waals surface area contributed by atoms with E-state index in [2.05, 4.69) is 10.6 Å². The molecule has 0 heterocycles. The lowest BCUT2D eigenvalue weighted by Gasteiger charge is -2.09. The number of halogens is 1. The first kappa shape index (κ1) is 12.9. The number of hydrogen-bond acceptors (Lipinski definition) is 3. The molecular formula is C12H13ClN2O3. The van der Waals surface area contributed by atoms with E-state index in [1.165, 1.54) is 18.2 Å². The van der Waals surface area contributed by atoms with Crippen molar-refractivity contribution in [2.75, 3.05) is 11.9 Å². The number of benzene rings is 1. The molecule has 0 spiro atoms. The number of carbonyl (C=O) groups is 2. The van der Waals surface area contributed by atoms with Crippen LogP contribution in [0, 0.1) is 0 Å². The molecule has 0 unspecified atom stereocenters. The van der Waals surface area contributed by atoms with Crippen molar-refractivity contribution in [3.8, 4) is 0 Å². The van der Waals surface area contributed by atoms with Crippen molar-refractivity contribution < 1.29 is 14.7 Å². The van der Waals surface area contributed by atoms with E-state index in [1.54, 1.807) is 0 Å². The van der Waals surface area contributed by atoms with Crippen LogP contribution in [-0.4, -0.2) is 29.6 Å². The summed E-state index contributed by atoms with van der Waals surface area (Å²) in [7, 11) is 0. The highest BCUT2D eigenvalue weighted by Crippen LogP contribution is 2.21. The molecule has 1 fully saturated rings. The SMILES string of the molecule is O=C(CNC1CC1)Nc1cc(Cl)ccc1C(=O)O. The van der Waals surface area contributed by atoms with E-state index in [9.17, 15) is 9.59 Å². The van der Waals surface area contributed by atoms with Crippen LogP contribution in [-0.2, 0) is 4.79 Å². The van der Waals surface area contributed by atoms with Gasteiger partial charge in [-0.2, -0.15) is 0 Å². The minimum absolute atomic E-state index is 0.0270. The molecule has 0 aromatic heterocycles. The lowest BCUT2D eigenvalue weighted by atomic mass is 10.2. The van der Waals surface area contributed by atoms with Gasteiger partial charge in [0.1, 0.15) is 0 Å². The average Bonchev–Trinajstić information content (AvgIpc) is 3.09. The molecule has 0 atom stereocenters. The van der Waals surface area contributed by atoms with Crippen LogP contribution < -0.4 is 10.6 Å². The smallest absolute Gasteiger partial charge is 0.337 e. The predicted molar refractivity (Wildman–Crippen MR) is 68.1 cm³/mol. The third-order valence-corrected chi connectivity index (χ3v) is 2.85. The Hall–Kier alpha value is -1.59. The number of aromatic carboxylic acids is 1. The van der Waals surface area contributed by atoms with E-state index >= 15 is 0 Å². The van der Waals surface area contributed by atoms with Crippen LogP contribution in [0.4, 0.5) is 5.69 Å². The predicted octanol–water partition coefficient (Wildman–Crippen LogP) is 1.73. The summed E-state index contributed by atoms with van der Waals surface area (Å²) in [5, 5.41) is 15.0. The number of anilines is 1. The first-order chi connectivity index (χ1) is 8.56. The van der Waals surface area contributed by atoms with E-state index in [1.807, 2.05) is 0 Å². The lowest BCUT2D eigenvalue weighted by molar-refractivity contribution is -0.115. The second kappa shape index (κ2) is 5.37. The summed E-state index contributed by atoms with van der Waals surface area (Å²) in [6.45, 7) is 0.177. The Balaban J connectivity index is 2.03. The van der Waals surface area contributed by atoms with E-state index in [-0.39, 0.29) is 23.7 Å². The second-order valence-corrected chi connectivity index (χ2v) is 4.63. The molecule has 0 aliphatic heterocycles. The molecule has 2 rings (SSSR count). The molecule has 1 saturated carbocycles. The van der Waals surface area contributed by atoms with E-state index in [4.69, 9.17) is 16.7 Å². The molecule has 1 aliphatic rings. The van der Waals surface area contributed by atoms with Gasteiger partial charge in [-0.25, -0.2) is 4.79 Å². The average molecular weight is 269 g/mol. The number of carboxylic acids is 1. The Morgan fingerprint density at radius 2 is 2.11 bits per heavy atom. The molecule has 3 N–H and O–H groups in total. The maximum atomic E-state index is 11.6. The molecule has 1 aliphatic carbocycles. The van der Waals surface area contributed by atoms with Crippen molar-refractivity contribution in [3.63, 3.8) is 0 Å². The largest absolute Gasteiger partial charge is 0.478 e. The van der Waals surface area contributed by atoms with Crippen molar-refractivity contribution in [2.45, 2.75) is 18.9 Å². The molecule has 0 saturated heterocycles. The van der Waals surface area contributed by atoms with E-state index in [0.29, 0.717) is 11.1 Å². The summed E-state index contributed by atoms with van der Waals surface area (Å²) in [5.74, 6) is -1.37. The number of carbonyl (C=O) groups excluding carboxylic acids is 1. The second-order valence-electron chi connectivity index (χ2n) is 4.20.